The molecule has 3 fully saturated rings. The first kappa shape index (κ1) is 15.9. The maximum Gasteiger partial charge on any atom is 0.190 e. The number of oxime groups is 1. The van der Waals surface area contributed by atoms with Crippen LogP contribution in [-0.2, 0) is 23.7 Å². The van der Waals surface area contributed by atoms with E-state index in [1.165, 1.54) is 0 Å². The maximum absolute atomic E-state index is 8.75. The van der Waals surface area contributed by atoms with Crippen LogP contribution in [0, 0.1) is 0 Å². The number of ether oxygens (including phenoxy) is 5. The normalized spacial score (nSPS) is 43.3. The standard InChI is InChI=1S/C15H23NO6/c1-8(16-17)6-7-9-10-11(20-14(2,3)19-10)12-13(18-9)22-15(4,5)21-12/h6-7,9-13,17H,1-5H3/b7-6+,16-8+/t9-,10+,11+,12-,13-/m1/s1. The van der Waals surface area contributed by atoms with Crippen molar-refractivity contribution in [3.8, 4) is 0 Å². The van der Waals surface area contributed by atoms with Crippen molar-refractivity contribution in [2.75, 3.05) is 0 Å². The van der Waals surface area contributed by atoms with Crippen LogP contribution in [0.15, 0.2) is 17.3 Å². The van der Waals surface area contributed by atoms with E-state index in [0.29, 0.717) is 5.71 Å². The van der Waals surface area contributed by atoms with Crippen LogP contribution in [0.2, 0.25) is 0 Å². The molecule has 7 nitrogen and oxygen atoms in total. The van der Waals surface area contributed by atoms with Crippen LogP contribution in [0.1, 0.15) is 34.6 Å². The van der Waals surface area contributed by atoms with Crippen molar-refractivity contribution in [3.63, 3.8) is 0 Å². The third-order valence-electron chi connectivity index (χ3n) is 3.88. The monoisotopic (exact) mass is 313 g/mol. The van der Waals surface area contributed by atoms with E-state index in [1.807, 2.05) is 27.7 Å². The molecule has 3 rings (SSSR count). The summed E-state index contributed by atoms with van der Waals surface area (Å²) < 4.78 is 29.7. The minimum atomic E-state index is -0.725. The third-order valence-corrected chi connectivity index (χ3v) is 3.88. The molecule has 124 valence electrons. The molecule has 0 saturated carbocycles. The fraction of sp³-hybridized carbons (Fsp3) is 0.800. The maximum atomic E-state index is 8.75. The first-order chi connectivity index (χ1) is 10.2. The Morgan fingerprint density at radius 1 is 0.955 bits per heavy atom. The molecule has 3 aliphatic rings. The molecule has 0 radical (unpaired) electrons. The van der Waals surface area contributed by atoms with Crippen molar-refractivity contribution < 1.29 is 28.9 Å². The zero-order valence-electron chi connectivity index (χ0n) is 13.5. The fourth-order valence-corrected chi connectivity index (χ4v) is 3.06. The molecule has 3 heterocycles. The summed E-state index contributed by atoms with van der Waals surface area (Å²) in [4.78, 5) is 0. The van der Waals surface area contributed by atoms with E-state index in [4.69, 9.17) is 28.9 Å². The topological polar surface area (TPSA) is 78.7 Å². The van der Waals surface area contributed by atoms with Gasteiger partial charge in [0.05, 0.1) is 5.71 Å². The van der Waals surface area contributed by atoms with Gasteiger partial charge < -0.3 is 28.9 Å². The zero-order chi connectivity index (χ0) is 16.1. The molecule has 3 saturated heterocycles. The van der Waals surface area contributed by atoms with Gasteiger partial charge in [-0.2, -0.15) is 0 Å². The highest BCUT2D eigenvalue weighted by Gasteiger charge is 2.60. The number of fused-ring (bicyclic) bond motifs is 3. The molecule has 0 aromatic heterocycles. The Labute approximate surface area is 129 Å². The van der Waals surface area contributed by atoms with Crippen molar-refractivity contribution in [2.24, 2.45) is 5.16 Å². The van der Waals surface area contributed by atoms with E-state index in [0.717, 1.165) is 0 Å². The van der Waals surface area contributed by atoms with Crippen LogP contribution in [-0.4, -0.2) is 53.2 Å². The van der Waals surface area contributed by atoms with Gasteiger partial charge in [0.25, 0.3) is 0 Å². The third kappa shape index (κ3) is 2.91. The number of hydrogen-bond donors (Lipinski definition) is 1. The predicted octanol–water partition coefficient (Wildman–Crippen LogP) is 1.79. The molecule has 1 N–H and O–H groups in total. The lowest BCUT2D eigenvalue weighted by atomic mass is 9.98. The van der Waals surface area contributed by atoms with Gasteiger partial charge in [0.1, 0.15) is 24.4 Å². The van der Waals surface area contributed by atoms with E-state index < -0.39 is 17.9 Å². The highest BCUT2D eigenvalue weighted by atomic mass is 16.9. The van der Waals surface area contributed by atoms with E-state index in [9.17, 15) is 0 Å². The van der Waals surface area contributed by atoms with Crippen LogP contribution in [0.5, 0.6) is 0 Å². The molecular weight excluding hydrogens is 290 g/mol. The second-order valence-corrected chi connectivity index (χ2v) is 6.73. The summed E-state index contributed by atoms with van der Waals surface area (Å²) >= 11 is 0. The Kier molecular flexibility index (Phi) is 3.81. The minimum Gasteiger partial charge on any atom is -0.411 e. The molecule has 0 spiro atoms. The van der Waals surface area contributed by atoms with E-state index in [2.05, 4.69) is 5.16 Å². The van der Waals surface area contributed by atoms with E-state index in [1.54, 1.807) is 19.1 Å². The lowest BCUT2D eigenvalue weighted by Crippen LogP contribution is -2.54. The van der Waals surface area contributed by atoms with Crippen molar-refractivity contribution in [2.45, 2.75) is 76.9 Å². The molecule has 3 aliphatic heterocycles. The summed E-state index contributed by atoms with van der Waals surface area (Å²) in [5, 5.41) is 11.9. The van der Waals surface area contributed by atoms with Crippen LogP contribution in [0.3, 0.4) is 0 Å². The predicted molar refractivity (Wildman–Crippen MR) is 76.6 cm³/mol. The first-order valence-corrected chi connectivity index (χ1v) is 7.44. The van der Waals surface area contributed by atoms with Gasteiger partial charge in [0, 0.05) is 0 Å². The first-order valence-electron chi connectivity index (χ1n) is 7.44. The summed E-state index contributed by atoms with van der Waals surface area (Å²) in [5.41, 5.74) is 0.476. The molecular formula is C15H23NO6. The van der Waals surface area contributed by atoms with Crippen molar-refractivity contribution in [1.29, 1.82) is 0 Å². The average Bonchev–Trinajstić information content (AvgIpc) is 2.89. The van der Waals surface area contributed by atoms with Gasteiger partial charge >= 0.3 is 0 Å². The molecule has 0 bridgehead atoms. The Hall–Kier alpha value is -0.990. The summed E-state index contributed by atoms with van der Waals surface area (Å²) in [7, 11) is 0. The largest absolute Gasteiger partial charge is 0.411 e. The zero-order valence-corrected chi connectivity index (χ0v) is 13.5. The molecule has 0 aliphatic carbocycles. The lowest BCUT2D eigenvalue weighted by molar-refractivity contribution is -0.222. The molecule has 22 heavy (non-hydrogen) atoms. The van der Waals surface area contributed by atoms with Crippen molar-refractivity contribution >= 4 is 5.71 Å². The van der Waals surface area contributed by atoms with Gasteiger partial charge in [-0.1, -0.05) is 11.2 Å². The smallest absolute Gasteiger partial charge is 0.190 e. The van der Waals surface area contributed by atoms with E-state index in [-0.39, 0.29) is 24.4 Å². The SMILES string of the molecule is CC(/C=C/[C@H]1O[C@@H]2OC(C)(C)O[C@@H]2[C@H]2OC(C)(C)O[C@H]21)=N\O. The molecule has 0 aromatic rings. The van der Waals surface area contributed by atoms with Crippen LogP contribution in [0.25, 0.3) is 0 Å². The average molecular weight is 313 g/mol. The number of rotatable bonds is 2. The van der Waals surface area contributed by atoms with Gasteiger partial charge in [-0.05, 0) is 40.7 Å². The van der Waals surface area contributed by atoms with Crippen LogP contribution >= 0.6 is 0 Å². The van der Waals surface area contributed by atoms with Crippen molar-refractivity contribution in [1.82, 2.24) is 0 Å². The summed E-state index contributed by atoms with van der Waals surface area (Å²) in [5.74, 6) is -1.44. The molecule has 0 amide bonds. The van der Waals surface area contributed by atoms with Gasteiger partial charge in [-0.3, -0.25) is 0 Å². The fourth-order valence-electron chi connectivity index (χ4n) is 3.06. The Morgan fingerprint density at radius 2 is 1.55 bits per heavy atom. The highest BCUT2D eigenvalue weighted by Crippen LogP contribution is 2.44. The Bertz CT molecular complexity index is 500. The summed E-state index contributed by atoms with van der Waals surface area (Å²) in [6, 6.07) is 0. The number of hydrogen-bond acceptors (Lipinski definition) is 7. The second kappa shape index (κ2) is 5.28. The summed E-state index contributed by atoms with van der Waals surface area (Å²) in [6.07, 6.45) is 1.66. The Balaban J connectivity index is 1.85. The summed E-state index contributed by atoms with van der Waals surface area (Å²) in [6.45, 7) is 9.11. The number of allylic oxidation sites excluding steroid dienone is 1. The minimum absolute atomic E-state index is 0.281. The van der Waals surface area contributed by atoms with Crippen LogP contribution in [0.4, 0.5) is 0 Å². The van der Waals surface area contributed by atoms with Crippen molar-refractivity contribution in [3.05, 3.63) is 12.2 Å². The molecule has 0 unspecified atom stereocenters. The van der Waals surface area contributed by atoms with Gasteiger partial charge in [0.15, 0.2) is 17.9 Å². The molecule has 0 aromatic carbocycles. The van der Waals surface area contributed by atoms with E-state index >= 15 is 0 Å². The highest BCUT2D eigenvalue weighted by molar-refractivity contribution is 5.92. The quantitative estimate of drug-likeness (QED) is 0.476. The van der Waals surface area contributed by atoms with Crippen LogP contribution < -0.4 is 0 Å². The number of nitrogens with zero attached hydrogens (tertiary/aromatic N) is 1. The van der Waals surface area contributed by atoms with Gasteiger partial charge in [-0.15, -0.1) is 0 Å². The second-order valence-electron chi connectivity index (χ2n) is 6.73. The molecule has 5 atom stereocenters. The Morgan fingerprint density at radius 3 is 2.23 bits per heavy atom. The van der Waals surface area contributed by atoms with Gasteiger partial charge in [-0.25, -0.2) is 0 Å². The lowest BCUT2D eigenvalue weighted by Gasteiger charge is -2.36. The van der Waals surface area contributed by atoms with Gasteiger partial charge in [0.2, 0.25) is 0 Å². The molecule has 7 heteroatoms.